The van der Waals surface area contributed by atoms with Crippen molar-refractivity contribution in [3.05, 3.63) is 27.8 Å². The SMILES string of the molecule is CC[C@H](C)COc1cc([N+](=O)[O-])c(CBr)cc1OC. The topological polar surface area (TPSA) is 61.6 Å². The Hall–Kier alpha value is -1.30. The predicted molar refractivity (Wildman–Crippen MR) is 77.2 cm³/mol. The minimum Gasteiger partial charge on any atom is -0.493 e. The number of rotatable bonds is 7. The minimum atomic E-state index is -0.411. The van der Waals surface area contributed by atoms with E-state index in [1.54, 1.807) is 6.07 Å². The third-order valence-corrected chi connectivity index (χ3v) is 3.53. The molecule has 0 unspecified atom stereocenters. The Balaban J connectivity index is 3.07. The zero-order valence-electron chi connectivity index (χ0n) is 11.3. The van der Waals surface area contributed by atoms with E-state index in [4.69, 9.17) is 9.47 Å². The molecule has 0 amide bonds. The lowest BCUT2D eigenvalue weighted by atomic mass is 10.1. The molecule has 0 radical (unpaired) electrons. The number of benzene rings is 1. The minimum absolute atomic E-state index is 0.0387. The lowest BCUT2D eigenvalue weighted by Gasteiger charge is -2.14. The first-order valence-electron chi connectivity index (χ1n) is 6.07. The van der Waals surface area contributed by atoms with Gasteiger partial charge in [-0.1, -0.05) is 36.2 Å². The van der Waals surface area contributed by atoms with Crippen molar-refractivity contribution in [2.24, 2.45) is 5.92 Å². The number of hydrogen-bond donors (Lipinski definition) is 0. The van der Waals surface area contributed by atoms with Gasteiger partial charge in [-0.25, -0.2) is 0 Å². The summed E-state index contributed by atoms with van der Waals surface area (Å²) in [7, 11) is 1.52. The van der Waals surface area contributed by atoms with Gasteiger partial charge in [0, 0.05) is 10.9 Å². The monoisotopic (exact) mass is 331 g/mol. The molecule has 0 aromatic heterocycles. The fourth-order valence-corrected chi connectivity index (χ4v) is 1.94. The third kappa shape index (κ3) is 4.09. The van der Waals surface area contributed by atoms with Crippen molar-refractivity contribution in [2.75, 3.05) is 13.7 Å². The van der Waals surface area contributed by atoms with Crippen LogP contribution in [-0.2, 0) is 5.33 Å². The second-order valence-electron chi connectivity index (χ2n) is 4.35. The van der Waals surface area contributed by atoms with E-state index in [2.05, 4.69) is 29.8 Å². The van der Waals surface area contributed by atoms with Crippen LogP contribution in [0.2, 0.25) is 0 Å². The molecule has 0 heterocycles. The summed E-state index contributed by atoms with van der Waals surface area (Å²) in [6.45, 7) is 4.65. The van der Waals surface area contributed by atoms with Gasteiger partial charge in [0.05, 0.1) is 24.7 Å². The highest BCUT2D eigenvalue weighted by atomic mass is 79.9. The van der Waals surface area contributed by atoms with Gasteiger partial charge in [-0.3, -0.25) is 10.1 Å². The van der Waals surface area contributed by atoms with E-state index in [-0.39, 0.29) is 5.69 Å². The molecule has 0 saturated heterocycles. The number of hydrogen-bond acceptors (Lipinski definition) is 4. The third-order valence-electron chi connectivity index (χ3n) is 2.93. The molecular weight excluding hydrogens is 314 g/mol. The van der Waals surface area contributed by atoms with Crippen LogP contribution in [0.3, 0.4) is 0 Å². The molecule has 106 valence electrons. The number of alkyl halides is 1. The lowest BCUT2D eigenvalue weighted by molar-refractivity contribution is -0.385. The van der Waals surface area contributed by atoms with Crippen molar-refractivity contribution in [3.63, 3.8) is 0 Å². The maximum atomic E-state index is 11.0. The fraction of sp³-hybridized carbons (Fsp3) is 0.538. The van der Waals surface area contributed by atoms with Crippen molar-refractivity contribution in [1.82, 2.24) is 0 Å². The molecule has 0 fully saturated rings. The van der Waals surface area contributed by atoms with Gasteiger partial charge in [0.1, 0.15) is 0 Å². The van der Waals surface area contributed by atoms with Gasteiger partial charge >= 0.3 is 0 Å². The summed E-state index contributed by atoms with van der Waals surface area (Å²) >= 11 is 3.24. The van der Waals surface area contributed by atoms with Gasteiger partial charge in [-0.2, -0.15) is 0 Å². The van der Waals surface area contributed by atoms with Crippen LogP contribution >= 0.6 is 15.9 Å². The van der Waals surface area contributed by atoms with Gasteiger partial charge in [-0.05, 0) is 12.0 Å². The number of ether oxygens (including phenoxy) is 2. The van der Waals surface area contributed by atoms with Crippen molar-refractivity contribution in [1.29, 1.82) is 0 Å². The number of methoxy groups -OCH3 is 1. The van der Waals surface area contributed by atoms with Crippen LogP contribution in [-0.4, -0.2) is 18.6 Å². The van der Waals surface area contributed by atoms with E-state index < -0.39 is 4.92 Å². The maximum absolute atomic E-state index is 11.0. The fourth-order valence-electron chi connectivity index (χ4n) is 1.49. The van der Waals surface area contributed by atoms with Gasteiger partial charge in [-0.15, -0.1) is 0 Å². The Labute approximate surface area is 121 Å². The molecular formula is C13H18BrNO4. The quantitative estimate of drug-likeness (QED) is 0.431. The molecule has 5 nitrogen and oxygen atoms in total. The molecule has 0 aliphatic rings. The Morgan fingerprint density at radius 1 is 1.42 bits per heavy atom. The zero-order chi connectivity index (χ0) is 14.4. The number of nitrogens with zero attached hydrogens (tertiary/aromatic N) is 1. The molecule has 0 N–H and O–H groups in total. The van der Waals surface area contributed by atoms with Crippen LogP contribution in [0.4, 0.5) is 5.69 Å². The molecule has 1 aromatic rings. The molecule has 0 aliphatic heterocycles. The second-order valence-corrected chi connectivity index (χ2v) is 4.91. The van der Waals surface area contributed by atoms with E-state index in [1.165, 1.54) is 13.2 Å². The first-order valence-corrected chi connectivity index (χ1v) is 7.19. The van der Waals surface area contributed by atoms with Crippen LogP contribution in [0, 0.1) is 16.0 Å². The van der Waals surface area contributed by atoms with Gasteiger partial charge in [0.25, 0.3) is 5.69 Å². The number of nitro benzene ring substituents is 1. The molecule has 0 saturated carbocycles. The largest absolute Gasteiger partial charge is 0.493 e. The predicted octanol–water partition coefficient (Wildman–Crippen LogP) is 3.92. The highest BCUT2D eigenvalue weighted by Gasteiger charge is 2.19. The van der Waals surface area contributed by atoms with Crippen molar-refractivity contribution < 1.29 is 14.4 Å². The van der Waals surface area contributed by atoms with E-state index in [0.717, 1.165) is 6.42 Å². The second kappa shape index (κ2) is 7.33. The number of nitro groups is 1. The summed E-state index contributed by atoms with van der Waals surface area (Å²) in [5, 5.41) is 11.4. The molecule has 1 rings (SSSR count). The van der Waals surface area contributed by atoms with Gasteiger partial charge in [0.15, 0.2) is 11.5 Å². The molecule has 0 bridgehead atoms. The summed E-state index contributed by atoms with van der Waals surface area (Å²) in [5.41, 5.74) is 0.606. The molecule has 19 heavy (non-hydrogen) atoms. The Morgan fingerprint density at radius 3 is 2.58 bits per heavy atom. The van der Waals surface area contributed by atoms with Crippen molar-refractivity contribution in [2.45, 2.75) is 25.6 Å². The highest BCUT2D eigenvalue weighted by molar-refractivity contribution is 9.08. The smallest absolute Gasteiger partial charge is 0.277 e. The van der Waals surface area contributed by atoms with Crippen LogP contribution < -0.4 is 9.47 Å². The molecule has 0 aliphatic carbocycles. The molecule has 1 atom stereocenters. The molecule has 1 aromatic carbocycles. The van der Waals surface area contributed by atoms with Crippen LogP contribution in [0.1, 0.15) is 25.8 Å². The Morgan fingerprint density at radius 2 is 2.11 bits per heavy atom. The summed E-state index contributed by atoms with van der Waals surface area (Å²) in [4.78, 5) is 10.6. The average molecular weight is 332 g/mol. The van der Waals surface area contributed by atoms with E-state index >= 15 is 0 Å². The van der Waals surface area contributed by atoms with Crippen LogP contribution in [0.5, 0.6) is 11.5 Å². The summed E-state index contributed by atoms with van der Waals surface area (Å²) < 4.78 is 10.8. The lowest BCUT2D eigenvalue weighted by Crippen LogP contribution is -2.08. The van der Waals surface area contributed by atoms with E-state index in [0.29, 0.717) is 34.9 Å². The van der Waals surface area contributed by atoms with Gasteiger partial charge < -0.3 is 9.47 Å². The molecule has 0 spiro atoms. The standard InChI is InChI=1S/C13H18BrNO4/c1-4-9(2)8-19-13-6-11(15(16)17)10(7-14)5-12(13)18-3/h5-6,9H,4,7-8H2,1-3H3/t9-/m0/s1. The van der Waals surface area contributed by atoms with Crippen LogP contribution in [0.25, 0.3) is 0 Å². The van der Waals surface area contributed by atoms with E-state index in [1.807, 2.05) is 0 Å². The maximum Gasteiger partial charge on any atom is 0.277 e. The number of halogens is 1. The average Bonchev–Trinajstić information content (AvgIpc) is 2.43. The Kier molecular flexibility index (Phi) is 6.08. The Bertz CT molecular complexity index is 451. The highest BCUT2D eigenvalue weighted by Crippen LogP contribution is 2.35. The van der Waals surface area contributed by atoms with Gasteiger partial charge in [0.2, 0.25) is 0 Å². The normalized spacial score (nSPS) is 12.0. The zero-order valence-corrected chi connectivity index (χ0v) is 12.9. The first kappa shape index (κ1) is 15.8. The summed E-state index contributed by atoms with van der Waals surface area (Å²) in [6.07, 6.45) is 0.990. The first-order chi connectivity index (χ1) is 9.03. The van der Waals surface area contributed by atoms with E-state index in [9.17, 15) is 10.1 Å². The summed E-state index contributed by atoms with van der Waals surface area (Å²) in [6, 6.07) is 3.07. The van der Waals surface area contributed by atoms with Crippen LogP contribution in [0.15, 0.2) is 12.1 Å². The van der Waals surface area contributed by atoms with Crippen molar-refractivity contribution >= 4 is 21.6 Å². The summed E-state index contributed by atoms with van der Waals surface area (Å²) in [5.74, 6) is 1.32. The molecule has 6 heteroatoms. The van der Waals surface area contributed by atoms with Crippen molar-refractivity contribution in [3.8, 4) is 11.5 Å².